The van der Waals surface area contributed by atoms with E-state index in [1.54, 1.807) is 0 Å². The zero-order chi connectivity index (χ0) is 23.4. The summed E-state index contributed by atoms with van der Waals surface area (Å²) in [6, 6.07) is 1.03. The molecule has 1 aliphatic rings. The van der Waals surface area contributed by atoms with Crippen LogP contribution in [0.2, 0.25) is 0 Å². The van der Waals surface area contributed by atoms with E-state index in [4.69, 9.17) is 4.74 Å². The van der Waals surface area contributed by atoms with Crippen LogP contribution in [0.5, 0.6) is 0 Å². The van der Waals surface area contributed by atoms with Crippen LogP contribution < -0.4 is 5.56 Å². The van der Waals surface area contributed by atoms with Gasteiger partial charge in [-0.2, -0.15) is 13.2 Å². The number of aromatic amines is 1. The van der Waals surface area contributed by atoms with Crippen LogP contribution in [0.15, 0.2) is 29.2 Å². The third-order valence-electron chi connectivity index (χ3n) is 5.18. The van der Waals surface area contributed by atoms with E-state index in [-0.39, 0.29) is 35.2 Å². The summed E-state index contributed by atoms with van der Waals surface area (Å²) in [5.41, 5.74) is -2.41. The fraction of sp³-hybridized carbons (Fsp3) is 0.250. The summed E-state index contributed by atoms with van der Waals surface area (Å²) in [4.78, 5) is 31.7. The molecule has 1 atom stereocenters. The van der Waals surface area contributed by atoms with Crippen molar-refractivity contribution in [2.45, 2.75) is 18.8 Å². The number of alkyl halides is 3. The minimum atomic E-state index is -5.03. The third kappa shape index (κ3) is 3.60. The highest BCUT2D eigenvalue weighted by atomic mass is 19.4. The number of hydrogen-bond acceptors (Lipinski definition) is 4. The lowest BCUT2D eigenvalue weighted by Gasteiger charge is -2.33. The van der Waals surface area contributed by atoms with Gasteiger partial charge >= 0.3 is 6.18 Å². The molecule has 3 aromatic rings. The van der Waals surface area contributed by atoms with Gasteiger partial charge in [0.05, 0.1) is 30.2 Å². The van der Waals surface area contributed by atoms with Gasteiger partial charge in [0.1, 0.15) is 0 Å². The molecule has 0 bridgehead atoms. The molecule has 1 aliphatic heterocycles. The first kappa shape index (κ1) is 21.8. The number of halogens is 6. The van der Waals surface area contributed by atoms with Crippen LogP contribution >= 0.6 is 0 Å². The van der Waals surface area contributed by atoms with E-state index >= 15 is 0 Å². The Kier molecular flexibility index (Phi) is 5.19. The lowest BCUT2D eigenvalue weighted by Crippen LogP contribution is -2.37. The molecule has 0 fully saturated rings. The van der Waals surface area contributed by atoms with E-state index in [2.05, 4.69) is 9.97 Å². The van der Waals surface area contributed by atoms with Crippen molar-refractivity contribution >= 4 is 16.7 Å². The van der Waals surface area contributed by atoms with Crippen LogP contribution in [0.4, 0.5) is 26.3 Å². The van der Waals surface area contributed by atoms with E-state index in [9.17, 15) is 35.9 Å². The number of hydrogen-bond donors (Lipinski definition) is 1. The van der Waals surface area contributed by atoms with Gasteiger partial charge in [0.15, 0.2) is 23.1 Å². The number of rotatable bonds is 2. The Morgan fingerprint density at radius 1 is 1.12 bits per heavy atom. The second-order valence-corrected chi connectivity index (χ2v) is 7.16. The van der Waals surface area contributed by atoms with Crippen molar-refractivity contribution in [2.75, 3.05) is 13.7 Å². The quantitative estimate of drug-likeness (QED) is 0.596. The minimum absolute atomic E-state index is 0.0484. The number of nitrogens with one attached hydrogen (secondary N) is 1. The number of likely N-dealkylation sites (N-methyl/N-ethyl adjacent to an activating group) is 1. The Balaban J connectivity index is 1.79. The summed E-state index contributed by atoms with van der Waals surface area (Å²) in [5, 5.41) is -0.107. The molecule has 12 heteroatoms. The first-order valence-electron chi connectivity index (χ1n) is 9.10. The minimum Gasteiger partial charge on any atom is -0.373 e. The molecule has 0 saturated carbocycles. The van der Waals surface area contributed by atoms with E-state index in [0.29, 0.717) is 12.3 Å². The number of fused-ring (bicyclic) bond motifs is 3. The standard InChI is InChI=1S/C20H13F6N3O3/c1-29(19(31)8-2-13(23)17(27-5-8)20(24,25)26)15-7-32-6-14-16(15)9-3-11(21)12(22)4-10(9)18(30)28-14/h2-5,15H,6-7H2,1H3,(H,28,30)/t15-/m1/s1. The first-order chi connectivity index (χ1) is 15.0. The Morgan fingerprint density at radius 2 is 1.78 bits per heavy atom. The Bertz CT molecular complexity index is 1300. The van der Waals surface area contributed by atoms with Crippen molar-refractivity contribution < 1.29 is 35.9 Å². The van der Waals surface area contributed by atoms with Gasteiger partial charge in [0.25, 0.3) is 11.5 Å². The molecule has 3 heterocycles. The maximum Gasteiger partial charge on any atom is 0.436 e. The van der Waals surface area contributed by atoms with Crippen molar-refractivity contribution in [1.29, 1.82) is 0 Å². The van der Waals surface area contributed by atoms with Crippen LogP contribution in [-0.2, 0) is 17.5 Å². The van der Waals surface area contributed by atoms with Gasteiger partial charge in [0.2, 0.25) is 0 Å². The Labute approximate surface area is 175 Å². The fourth-order valence-corrected chi connectivity index (χ4v) is 3.66. The van der Waals surface area contributed by atoms with Crippen LogP contribution in [0.25, 0.3) is 10.8 Å². The monoisotopic (exact) mass is 457 g/mol. The van der Waals surface area contributed by atoms with Crippen LogP contribution in [-0.4, -0.2) is 34.4 Å². The van der Waals surface area contributed by atoms with Crippen LogP contribution in [0.3, 0.4) is 0 Å². The number of benzene rings is 1. The van der Waals surface area contributed by atoms with Gasteiger partial charge < -0.3 is 14.6 Å². The van der Waals surface area contributed by atoms with Crippen molar-refractivity contribution in [3.8, 4) is 0 Å². The summed E-state index contributed by atoms with van der Waals surface area (Å²) in [6.07, 6.45) is -4.44. The summed E-state index contributed by atoms with van der Waals surface area (Å²) in [5.74, 6) is -5.06. The molecular formula is C20H13F6N3O3. The second kappa shape index (κ2) is 7.62. The molecule has 168 valence electrons. The maximum absolute atomic E-state index is 13.9. The lowest BCUT2D eigenvalue weighted by atomic mass is 9.95. The largest absolute Gasteiger partial charge is 0.436 e. The number of aromatic nitrogens is 2. The highest BCUT2D eigenvalue weighted by molar-refractivity contribution is 5.95. The number of ether oxygens (including phenoxy) is 1. The lowest BCUT2D eigenvalue weighted by molar-refractivity contribution is -0.143. The van der Waals surface area contributed by atoms with Gasteiger partial charge in [-0.3, -0.25) is 9.59 Å². The molecule has 0 unspecified atom stereocenters. The third-order valence-corrected chi connectivity index (χ3v) is 5.18. The average molecular weight is 457 g/mol. The molecule has 1 N–H and O–H groups in total. The second-order valence-electron chi connectivity index (χ2n) is 7.16. The predicted octanol–water partition coefficient (Wildman–Crippen LogP) is 3.70. The van der Waals surface area contributed by atoms with Crippen molar-refractivity contribution in [3.05, 3.63) is 74.7 Å². The number of amides is 1. The van der Waals surface area contributed by atoms with Gasteiger partial charge in [-0.05, 0) is 23.6 Å². The van der Waals surface area contributed by atoms with Crippen LogP contribution in [0, 0.1) is 17.5 Å². The smallest absolute Gasteiger partial charge is 0.373 e. The molecule has 0 saturated heterocycles. The average Bonchev–Trinajstić information content (AvgIpc) is 2.72. The molecule has 1 amide bonds. The molecule has 0 aliphatic carbocycles. The number of carbonyl (C=O) groups is 1. The van der Waals surface area contributed by atoms with E-state index in [1.807, 2.05) is 0 Å². The molecule has 6 nitrogen and oxygen atoms in total. The molecule has 0 spiro atoms. The van der Waals surface area contributed by atoms with Crippen molar-refractivity contribution in [1.82, 2.24) is 14.9 Å². The maximum atomic E-state index is 13.9. The molecule has 1 aromatic carbocycles. The normalized spacial score (nSPS) is 16.2. The van der Waals surface area contributed by atoms with E-state index in [0.717, 1.165) is 17.0 Å². The number of carbonyl (C=O) groups excluding carboxylic acids is 1. The fourth-order valence-electron chi connectivity index (χ4n) is 3.66. The van der Waals surface area contributed by atoms with Gasteiger partial charge in [-0.25, -0.2) is 18.2 Å². The molecule has 32 heavy (non-hydrogen) atoms. The van der Waals surface area contributed by atoms with E-state index < -0.39 is 52.4 Å². The topological polar surface area (TPSA) is 75.3 Å². The Hall–Kier alpha value is -3.41. The summed E-state index contributed by atoms with van der Waals surface area (Å²) in [6.45, 7) is -0.194. The van der Waals surface area contributed by atoms with Crippen LogP contribution in [0.1, 0.15) is 33.4 Å². The van der Waals surface area contributed by atoms with E-state index in [1.165, 1.54) is 7.05 Å². The number of H-pyrrole nitrogens is 1. The number of nitrogens with zero attached hydrogens (tertiary/aromatic N) is 2. The summed E-state index contributed by atoms with van der Waals surface area (Å²) < 4.78 is 85.1. The number of pyridine rings is 2. The summed E-state index contributed by atoms with van der Waals surface area (Å²) >= 11 is 0. The SMILES string of the molecule is CN(C(=O)c1cnc(C(F)(F)F)c(F)c1)[C@@H]1COCc2[nH]c(=O)c3cc(F)c(F)cc3c21. The van der Waals surface area contributed by atoms with Gasteiger partial charge in [-0.1, -0.05) is 0 Å². The van der Waals surface area contributed by atoms with Crippen molar-refractivity contribution in [2.24, 2.45) is 0 Å². The zero-order valence-electron chi connectivity index (χ0n) is 16.2. The van der Waals surface area contributed by atoms with Crippen molar-refractivity contribution in [3.63, 3.8) is 0 Å². The molecular weight excluding hydrogens is 444 g/mol. The first-order valence-corrected chi connectivity index (χ1v) is 9.10. The molecule has 2 aromatic heterocycles. The highest BCUT2D eigenvalue weighted by Crippen LogP contribution is 2.35. The highest BCUT2D eigenvalue weighted by Gasteiger charge is 2.37. The van der Waals surface area contributed by atoms with Gasteiger partial charge in [-0.15, -0.1) is 0 Å². The molecule has 0 radical (unpaired) electrons. The van der Waals surface area contributed by atoms with Gasteiger partial charge in [0, 0.05) is 24.5 Å². The summed E-state index contributed by atoms with van der Waals surface area (Å²) in [7, 11) is 1.28. The Morgan fingerprint density at radius 3 is 2.41 bits per heavy atom. The predicted molar refractivity (Wildman–Crippen MR) is 98.2 cm³/mol. The zero-order valence-corrected chi connectivity index (χ0v) is 16.2. The molecule has 4 rings (SSSR count).